The average Bonchev–Trinajstić information content (AvgIpc) is 2.35. The maximum absolute atomic E-state index is 4.08. The van der Waals surface area contributed by atoms with E-state index in [-0.39, 0.29) is 0 Å². The molecule has 2 heterocycles. The Balaban J connectivity index is 2.41. The van der Waals surface area contributed by atoms with Gasteiger partial charge in [-0.1, -0.05) is 0 Å². The van der Waals surface area contributed by atoms with Crippen molar-refractivity contribution in [3.8, 4) is 0 Å². The second kappa shape index (κ2) is 2.10. The minimum absolute atomic E-state index is 1.09. The van der Waals surface area contributed by atoms with E-state index in [0.29, 0.717) is 0 Å². The Bertz CT molecular complexity index is 274. The normalized spacial score (nSPS) is 21.6. The highest BCUT2D eigenvalue weighted by Crippen LogP contribution is 2.17. The number of nitrogens with one attached hydrogen (secondary N) is 2. The Morgan fingerprint density at radius 1 is 1.45 bits per heavy atom. The summed E-state index contributed by atoms with van der Waals surface area (Å²) in [5, 5.41) is 1.96. The molecule has 0 fully saturated rings. The molecule has 0 saturated carbocycles. The van der Waals surface area contributed by atoms with E-state index in [4.69, 9.17) is 0 Å². The molecule has 2 N–H and O–H groups in total. The van der Waals surface area contributed by atoms with Crippen LogP contribution in [0.15, 0.2) is 28.3 Å². The Labute approximate surface area is 65.2 Å². The van der Waals surface area contributed by atoms with E-state index in [1.165, 1.54) is 0 Å². The lowest BCUT2D eigenvalue weighted by molar-refractivity contribution is 0.324. The van der Waals surface area contributed by atoms with E-state index in [1.807, 2.05) is 31.3 Å². The minimum atomic E-state index is 1.09. The third-order valence-corrected chi connectivity index (χ3v) is 1.79. The first-order valence-corrected chi connectivity index (χ1v) is 3.51. The van der Waals surface area contributed by atoms with Crippen LogP contribution in [0.2, 0.25) is 0 Å². The zero-order valence-corrected chi connectivity index (χ0v) is 6.55. The second-order valence-electron chi connectivity index (χ2n) is 2.63. The van der Waals surface area contributed by atoms with Crippen LogP contribution in [0, 0.1) is 0 Å². The number of hydrazine groups is 2. The van der Waals surface area contributed by atoms with Crippen molar-refractivity contribution in [2.24, 2.45) is 4.99 Å². The summed E-state index contributed by atoms with van der Waals surface area (Å²) >= 11 is 0. The highest BCUT2D eigenvalue weighted by atomic mass is 15.7. The van der Waals surface area contributed by atoms with Crippen molar-refractivity contribution < 1.29 is 0 Å². The number of nitrogens with zero attached hydrogens (tertiary/aromatic N) is 2. The molecule has 11 heavy (non-hydrogen) atoms. The predicted molar refractivity (Wildman–Crippen MR) is 43.1 cm³/mol. The lowest BCUT2D eigenvalue weighted by atomic mass is 10.3. The molecule has 0 radical (unpaired) electrons. The first-order valence-electron chi connectivity index (χ1n) is 3.51. The molecule has 2 rings (SSSR count). The minimum Gasteiger partial charge on any atom is -0.306 e. The molecule has 0 spiro atoms. The van der Waals surface area contributed by atoms with Crippen molar-refractivity contribution in [1.82, 2.24) is 16.0 Å². The van der Waals surface area contributed by atoms with Crippen LogP contribution in [-0.4, -0.2) is 11.2 Å². The van der Waals surface area contributed by atoms with Crippen LogP contribution in [0.5, 0.6) is 0 Å². The van der Waals surface area contributed by atoms with Gasteiger partial charge in [-0.2, -0.15) is 0 Å². The van der Waals surface area contributed by atoms with E-state index < -0.39 is 0 Å². The van der Waals surface area contributed by atoms with Gasteiger partial charge in [-0.25, -0.2) is 0 Å². The van der Waals surface area contributed by atoms with E-state index in [2.05, 4.69) is 16.0 Å². The van der Waals surface area contributed by atoms with E-state index in [1.54, 1.807) is 0 Å². The van der Waals surface area contributed by atoms with E-state index >= 15 is 0 Å². The summed E-state index contributed by atoms with van der Waals surface area (Å²) in [4.78, 5) is 4.08. The lowest BCUT2D eigenvalue weighted by Crippen LogP contribution is -2.37. The van der Waals surface area contributed by atoms with Gasteiger partial charge in [0.25, 0.3) is 0 Å². The molecule has 0 aromatic rings. The fraction of sp³-hybridized carbons (Fsp3) is 0.286. The van der Waals surface area contributed by atoms with Gasteiger partial charge in [0.1, 0.15) is 0 Å². The maximum Gasteiger partial charge on any atom is 0.0975 e. The van der Waals surface area contributed by atoms with Crippen molar-refractivity contribution in [2.45, 2.75) is 13.8 Å². The van der Waals surface area contributed by atoms with Crippen LogP contribution < -0.4 is 11.0 Å². The molecule has 2 aliphatic heterocycles. The largest absolute Gasteiger partial charge is 0.306 e. The molecule has 58 valence electrons. The zero-order chi connectivity index (χ0) is 7.84. The van der Waals surface area contributed by atoms with Gasteiger partial charge in [-0.05, 0) is 13.8 Å². The van der Waals surface area contributed by atoms with Crippen LogP contribution in [0.3, 0.4) is 0 Å². The van der Waals surface area contributed by atoms with Crippen molar-refractivity contribution in [3.05, 3.63) is 23.3 Å². The number of hydrogen-bond acceptors (Lipinski definition) is 4. The van der Waals surface area contributed by atoms with Gasteiger partial charge in [0, 0.05) is 6.20 Å². The molecule has 0 atom stereocenters. The molecule has 4 heteroatoms. The van der Waals surface area contributed by atoms with Gasteiger partial charge in [-0.15, -0.1) is 5.53 Å². The molecule has 2 aliphatic rings. The van der Waals surface area contributed by atoms with Crippen LogP contribution in [0.1, 0.15) is 13.8 Å². The summed E-state index contributed by atoms with van der Waals surface area (Å²) in [6, 6.07) is 0. The first kappa shape index (κ1) is 6.42. The van der Waals surface area contributed by atoms with Crippen LogP contribution in [0.4, 0.5) is 0 Å². The fourth-order valence-electron chi connectivity index (χ4n) is 1.14. The summed E-state index contributed by atoms with van der Waals surface area (Å²) < 4.78 is 0. The Kier molecular flexibility index (Phi) is 1.22. The van der Waals surface area contributed by atoms with Gasteiger partial charge in [0.2, 0.25) is 0 Å². The molecule has 0 aliphatic carbocycles. The van der Waals surface area contributed by atoms with Gasteiger partial charge in [0.05, 0.1) is 23.3 Å². The Hall–Kier alpha value is -1.29. The van der Waals surface area contributed by atoms with Crippen molar-refractivity contribution in [3.63, 3.8) is 0 Å². The standard InChI is InChI=1S/C7H10N4/c1-5-3-8-4-7-6(2)9-10-11(5)7/h3-4,9-10H,1-2H3. The van der Waals surface area contributed by atoms with Crippen molar-refractivity contribution >= 4 is 6.21 Å². The smallest absolute Gasteiger partial charge is 0.0975 e. The SMILES string of the molecule is CC1=CN=CC2=C(C)NNN12. The molecule has 0 unspecified atom stereocenters. The molecule has 0 aromatic carbocycles. The molecule has 4 nitrogen and oxygen atoms in total. The van der Waals surface area contributed by atoms with Gasteiger partial charge < -0.3 is 5.43 Å². The quantitative estimate of drug-likeness (QED) is 0.528. The summed E-state index contributed by atoms with van der Waals surface area (Å²) in [6.45, 7) is 4.01. The number of rotatable bonds is 0. The summed E-state index contributed by atoms with van der Waals surface area (Å²) in [5.41, 5.74) is 9.30. The van der Waals surface area contributed by atoms with Crippen molar-refractivity contribution in [2.75, 3.05) is 0 Å². The number of fused-ring (bicyclic) bond motifs is 1. The zero-order valence-electron chi connectivity index (χ0n) is 6.55. The third kappa shape index (κ3) is 0.832. The third-order valence-electron chi connectivity index (χ3n) is 1.79. The monoisotopic (exact) mass is 150 g/mol. The molecular weight excluding hydrogens is 140 g/mol. The highest BCUT2D eigenvalue weighted by Gasteiger charge is 2.20. The molecule has 0 saturated heterocycles. The molecular formula is C7H10N4. The summed E-state index contributed by atoms with van der Waals surface area (Å²) in [6.07, 6.45) is 3.64. The van der Waals surface area contributed by atoms with E-state index in [9.17, 15) is 0 Å². The van der Waals surface area contributed by atoms with Crippen LogP contribution in [-0.2, 0) is 0 Å². The van der Waals surface area contributed by atoms with Crippen LogP contribution >= 0.6 is 0 Å². The Morgan fingerprint density at radius 2 is 2.27 bits per heavy atom. The number of hydrogen-bond donors (Lipinski definition) is 2. The lowest BCUT2D eigenvalue weighted by Gasteiger charge is -2.20. The highest BCUT2D eigenvalue weighted by molar-refractivity contribution is 5.81. The van der Waals surface area contributed by atoms with Crippen molar-refractivity contribution in [1.29, 1.82) is 0 Å². The predicted octanol–water partition coefficient (Wildman–Crippen LogP) is 0.488. The van der Waals surface area contributed by atoms with Crippen LogP contribution in [0.25, 0.3) is 0 Å². The number of allylic oxidation sites excluding steroid dienone is 3. The maximum atomic E-state index is 4.08. The summed E-state index contributed by atoms with van der Waals surface area (Å²) in [5.74, 6) is 0. The van der Waals surface area contributed by atoms with Gasteiger partial charge in [-0.3, -0.25) is 10.0 Å². The number of aliphatic imine (C=N–C) groups is 1. The van der Waals surface area contributed by atoms with E-state index in [0.717, 1.165) is 17.1 Å². The molecule has 0 aromatic heterocycles. The topological polar surface area (TPSA) is 39.7 Å². The molecule has 0 amide bonds. The average molecular weight is 150 g/mol. The van der Waals surface area contributed by atoms with Gasteiger partial charge >= 0.3 is 0 Å². The Morgan fingerprint density at radius 3 is 3.00 bits per heavy atom. The summed E-state index contributed by atoms with van der Waals surface area (Å²) in [7, 11) is 0. The molecule has 0 bridgehead atoms. The van der Waals surface area contributed by atoms with Gasteiger partial charge in [0.15, 0.2) is 0 Å². The second-order valence-corrected chi connectivity index (χ2v) is 2.63. The first-order chi connectivity index (χ1) is 5.29. The fourth-order valence-corrected chi connectivity index (χ4v) is 1.14.